The molecule has 1 unspecified atom stereocenters. The number of halogens is 3. The maximum absolute atomic E-state index is 12.6. The third-order valence-corrected chi connectivity index (χ3v) is 4.94. The van der Waals surface area contributed by atoms with Crippen molar-refractivity contribution >= 4 is 5.91 Å². The van der Waals surface area contributed by atoms with Gasteiger partial charge < -0.3 is 10.2 Å². The van der Waals surface area contributed by atoms with Crippen molar-refractivity contribution in [3.05, 3.63) is 0 Å². The number of hydrogen-bond acceptors (Lipinski definition) is 3. The van der Waals surface area contributed by atoms with Crippen molar-refractivity contribution in [2.75, 3.05) is 39.3 Å². The van der Waals surface area contributed by atoms with Gasteiger partial charge in [0, 0.05) is 31.6 Å². The molecule has 0 aromatic carbocycles. The Hall–Kier alpha value is -0.820. The second-order valence-electron chi connectivity index (χ2n) is 6.96. The van der Waals surface area contributed by atoms with Gasteiger partial charge in [0.05, 0.1) is 6.54 Å². The van der Waals surface area contributed by atoms with Crippen LogP contribution in [0.15, 0.2) is 0 Å². The fourth-order valence-corrected chi connectivity index (χ4v) is 3.72. The molecule has 23 heavy (non-hydrogen) atoms. The molecule has 2 aliphatic rings. The zero-order valence-corrected chi connectivity index (χ0v) is 14.0. The van der Waals surface area contributed by atoms with Crippen molar-refractivity contribution in [3.8, 4) is 0 Å². The van der Waals surface area contributed by atoms with Gasteiger partial charge in [0.2, 0.25) is 5.91 Å². The van der Waals surface area contributed by atoms with Gasteiger partial charge in [0.15, 0.2) is 0 Å². The van der Waals surface area contributed by atoms with Crippen molar-refractivity contribution in [2.24, 2.45) is 11.8 Å². The van der Waals surface area contributed by atoms with Crippen molar-refractivity contribution in [1.29, 1.82) is 0 Å². The second kappa shape index (κ2) is 7.83. The summed E-state index contributed by atoms with van der Waals surface area (Å²) < 4.78 is 37.6. The Morgan fingerprint density at radius 1 is 1.35 bits per heavy atom. The predicted octanol–water partition coefficient (Wildman–Crippen LogP) is 2.11. The van der Waals surface area contributed by atoms with Gasteiger partial charge in [-0.3, -0.25) is 9.69 Å². The van der Waals surface area contributed by atoms with Gasteiger partial charge in [-0.25, -0.2) is 0 Å². The molecule has 0 saturated carbocycles. The van der Waals surface area contributed by atoms with Gasteiger partial charge in [-0.15, -0.1) is 0 Å². The fourth-order valence-electron chi connectivity index (χ4n) is 3.72. The SMILES string of the molecule is CCN(CC1CCN(C(=O)[C@H]2CCN[C@@H](C)C2)C1)CC(F)(F)F. The molecule has 1 amide bonds. The standard InChI is InChI=1S/C16H28F3N3O/c1-3-21(11-16(17,18)19)9-13-5-7-22(10-13)15(23)14-4-6-20-12(2)8-14/h12-14,20H,3-11H2,1-2H3/t12-,13?,14-/m0/s1. The summed E-state index contributed by atoms with van der Waals surface area (Å²) in [5.41, 5.74) is 0. The number of piperidine rings is 1. The maximum Gasteiger partial charge on any atom is 0.401 e. The lowest BCUT2D eigenvalue weighted by molar-refractivity contribution is -0.147. The lowest BCUT2D eigenvalue weighted by Gasteiger charge is -2.30. The Labute approximate surface area is 136 Å². The molecule has 0 bridgehead atoms. The highest BCUT2D eigenvalue weighted by molar-refractivity contribution is 5.79. The first-order valence-corrected chi connectivity index (χ1v) is 8.59. The molecule has 4 nitrogen and oxygen atoms in total. The van der Waals surface area contributed by atoms with E-state index in [0.29, 0.717) is 32.2 Å². The minimum Gasteiger partial charge on any atom is -0.342 e. The highest BCUT2D eigenvalue weighted by Gasteiger charge is 2.35. The van der Waals surface area contributed by atoms with Crippen molar-refractivity contribution in [1.82, 2.24) is 15.1 Å². The van der Waals surface area contributed by atoms with Crippen LogP contribution < -0.4 is 5.32 Å². The Balaban J connectivity index is 1.82. The van der Waals surface area contributed by atoms with E-state index in [4.69, 9.17) is 0 Å². The molecule has 134 valence electrons. The van der Waals surface area contributed by atoms with Crippen LogP contribution in [0.5, 0.6) is 0 Å². The van der Waals surface area contributed by atoms with Gasteiger partial charge in [0.25, 0.3) is 0 Å². The molecule has 0 aromatic heterocycles. The van der Waals surface area contributed by atoms with Crippen LogP contribution in [-0.2, 0) is 4.79 Å². The van der Waals surface area contributed by atoms with Crippen molar-refractivity contribution in [3.63, 3.8) is 0 Å². The Morgan fingerprint density at radius 2 is 2.09 bits per heavy atom. The van der Waals surface area contributed by atoms with Crippen LogP contribution >= 0.6 is 0 Å². The summed E-state index contributed by atoms with van der Waals surface area (Å²) in [5, 5.41) is 3.34. The van der Waals surface area contributed by atoms with E-state index in [1.807, 2.05) is 4.90 Å². The highest BCUT2D eigenvalue weighted by Crippen LogP contribution is 2.25. The van der Waals surface area contributed by atoms with E-state index < -0.39 is 12.7 Å². The third kappa shape index (κ3) is 5.64. The normalized spacial score (nSPS) is 29.3. The Bertz CT molecular complexity index is 403. The van der Waals surface area contributed by atoms with Gasteiger partial charge >= 0.3 is 6.18 Å². The van der Waals surface area contributed by atoms with E-state index in [9.17, 15) is 18.0 Å². The summed E-state index contributed by atoms with van der Waals surface area (Å²) in [7, 11) is 0. The first-order valence-electron chi connectivity index (χ1n) is 8.59. The molecule has 2 heterocycles. The molecule has 7 heteroatoms. The molecular formula is C16H28F3N3O. The summed E-state index contributed by atoms with van der Waals surface area (Å²) in [6.07, 6.45) is -1.63. The van der Waals surface area contributed by atoms with E-state index in [1.165, 1.54) is 4.90 Å². The van der Waals surface area contributed by atoms with Crippen LogP contribution in [0.1, 0.15) is 33.1 Å². The van der Waals surface area contributed by atoms with E-state index in [1.54, 1.807) is 6.92 Å². The minimum absolute atomic E-state index is 0.0717. The number of carbonyl (C=O) groups is 1. The van der Waals surface area contributed by atoms with Crippen LogP contribution in [0.3, 0.4) is 0 Å². The molecule has 2 rings (SSSR count). The maximum atomic E-state index is 12.6. The number of rotatable bonds is 5. The number of hydrogen-bond donors (Lipinski definition) is 1. The third-order valence-electron chi connectivity index (χ3n) is 4.94. The molecular weight excluding hydrogens is 307 g/mol. The van der Waals surface area contributed by atoms with Crippen molar-refractivity contribution in [2.45, 2.75) is 45.3 Å². The first kappa shape index (κ1) is 18.5. The van der Waals surface area contributed by atoms with Gasteiger partial charge in [-0.2, -0.15) is 13.2 Å². The predicted molar refractivity (Wildman–Crippen MR) is 83.0 cm³/mol. The molecule has 3 atom stereocenters. The van der Waals surface area contributed by atoms with E-state index in [-0.39, 0.29) is 17.7 Å². The lowest BCUT2D eigenvalue weighted by Crippen LogP contribution is -2.44. The average Bonchev–Trinajstić information content (AvgIpc) is 2.92. The molecule has 2 fully saturated rings. The molecule has 0 radical (unpaired) electrons. The molecule has 0 aromatic rings. The van der Waals surface area contributed by atoms with Gasteiger partial charge in [0.1, 0.15) is 0 Å². The minimum atomic E-state index is -4.16. The number of carbonyl (C=O) groups excluding carboxylic acids is 1. The monoisotopic (exact) mass is 335 g/mol. The number of likely N-dealkylation sites (tertiary alicyclic amines) is 1. The largest absolute Gasteiger partial charge is 0.401 e. The van der Waals surface area contributed by atoms with E-state index in [0.717, 1.165) is 25.8 Å². The number of nitrogens with one attached hydrogen (secondary N) is 1. The molecule has 2 saturated heterocycles. The van der Waals surface area contributed by atoms with Crippen LogP contribution in [0, 0.1) is 11.8 Å². The summed E-state index contributed by atoms with van der Waals surface area (Å²) >= 11 is 0. The summed E-state index contributed by atoms with van der Waals surface area (Å²) in [4.78, 5) is 15.9. The van der Waals surface area contributed by atoms with Crippen LogP contribution in [0.25, 0.3) is 0 Å². The smallest absolute Gasteiger partial charge is 0.342 e. The Morgan fingerprint density at radius 3 is 2.70 bits per heavy atom. The van der Waals surface area contributed by atoms with E-state index >= 15 is 0 Å². The second-order valence-corrected chi connectivity index (χ2v) is 6.96. The number of alkyl halides is 3. The highest BCUT2D eigenvalue weighted by atomic mass is 19.4. The zero-order chi connectivity index (χ0) is 17.0. The van der Waals surface area contributed by atoms with Crippen LogP contribution in [-0.4, -0.2) is 67.2 Å². The first-order chi connectivity index (χ1) is 10.8. The molecule has 1 N–H and O–H groups in total. The number of amides is 1. The average molecular weight is 335 g/mol. The van der Waals surface area contributed by atoms with Crippen LogP contribution in [0.4, 0.5) is 13.2 Å². The number of nitrogens with zero attached hydrogens (tertiary/aromatic N) is 2. The summed E-state index contributed by atoms with van der Waals surface area (Å²) in [5.74, 6) is 0.419. The van der Waals surface area contributed by atoms with Crippen LogP contribution in [0.2, 0.25) is 0 Å². The lowest BCUT2D eigenvalue weighted by atomic mass is 9.92. The zero-order valence-electron chi connectivity index (χ0n) is 14.0. The molecule has 0 aliphatic carbocycles. The fraction of sp³-hybridized carbons (Fsp3) is 0.938. The van der Waals surface area contributed by atoms with Crippen molar-refractivity contribution < 1.29 is 18.0 Å². The quantitative estimate of drug-likeness (QED) is 0.836. The summed E-state index contributed by atoms with van der Waals surface area (Å²) in [6.45, 7) is 5.93. The summed E-state index contributed by atoms with van der Waals surface area (Å²) in [6, 6.07) is 0.360. The van der Waals surface area contributed by atoms with E-state index in [2.05, 4.69) is 12.2 Å². The van der Waals surface area contributed by atoms with Gasteiger partial charge in [-0.05, 0) is 45.2 Å². The molecule has 0 spiro atoms. The Kier molecular flexibility index (Phi) is 6.31. The topological polar surface area (TPSA) is 35.6 Å². The molecule has 2 aliphatic heterocycles. The van der Waals surface area contributed by atoms with Gasteiger partial charge in [-0.1, -0.05) is 6.92 Å².